The normalized spacial score (nSPS) is 18.4. The second kappa shape index (κ2) is 4.19. The molecule has 4 rings (SSSR count). The van der Waals surface area contributed by atoms with Crippen molar-refractivity contribution in [3.05, 3.63) is 59.5 Å². The highest BCUT2D eigenvalue weighted by atomic mass is 15.0. The minimum absolute atomic E-state index is 0.388. The van der Waals surface area contributed by atoms with E-state index in [4.69, 9.17) is 0 Å². The van der Waals surface area contributed by atoms with Crippen LogP contribution < -0.4 is 0 Å². The highest BCUT2D eigenvalue weighted by Gasteiger charge is 2.24. The van der Waals surface area contributed by atoms with Crippen LogP contribution >= 0.6 is 0 Å². The van der Waals surface area contributed by atoms with Gasteiger partial charge in [0.15, 0.2) is 5.65 Å². The molecule has 1 N–H and O–H groups in total. The summed E-state index contributed by atoms with van der Waals surface area (Å²) in [5.41, 5.74) is 4.74. The third-order valence-electron chi connectivity index (χ3n) is 3.98. The average molecular weight is 249 g/mol. The number of hydrogen-bond donors (Lipinski definition) is 1. The van der Waals surface area contributed by atoms with Crippen LogP contribution in [0, 0.1) is 0 Å². The van der Waals surface area contributed by atoms with Gasteiger partial charge in [-0.05, 0) is 42.5 Å². The number of fused-ring (bicyclic) bond motifs is 2. The predicted molar refractivity (Wildman–Crippen MR) is 75.1 cm³/mol. The first kappa shape index (κ1) is 10.7. The molecule has 3 heteroatoms. The molecular formula is C16H15N3. The Morgan fingerprint density at radius 3 is 3.00 bits per heavy atom. The number of pyridine rings is 1. The molecule has 2 aromatic heterocycles. The van der Waals surface area contributed by atoms with Crippen LogP contribution in [0.25, 0.3) is 11.2 Å². The number of imidazole rings is 1. The van der Waals surface area contributed by atoms with E-state index in [0.29, 0.717) is 5.92 Å². The van der Waals surface area contributed by atoms with E-state index >= 15 is 0 Å². The lowest BCUT2D eigenvalue weighted by atomic mass is 9.82. The number of nitrogens with zero attached hydrogens (tertiary/aromatic N) is 2. The van der Waals surface area contributed by atoms with E-state index in [0.717, 1.165) is 23.4 Å². The second-order valence-electron chi connectivity index (χ2n) is 5.14. The Hall–Kier alpha value is -2.16. The van der Waals surface area contributed by atoms with Crippen molar-refractivity contribution >= 4 is 11.2 Å². The summed E-state index contributed by atoms with van der Waals surface area (Å²) < 4.78 is 0. The molecule has 0 spiro atoms. The summed E-state index contributed by atoms with van der Waals surface area (Å²) in [4.78, 5) is 12.4. The molecule has 0 fully saturated rings. The summed E-state index contributed by atoms with van der Waals surface area (Å²) in [5, 5.41) is 0. The standard InChI is InChI=1S/C16H15N3/c1-2-7-12-11(5-1)6-3-8-13(12)15-18-14-9-4-10-17-16(14)19-15/h1-2,4-5,7,9-10,13H,3,6,8H2,(H,17,18,19). The smallest absolute Gasteiger partial charge is 0.177 e. The van der Waals surface area contributed by atoms with E-state index in [1.165, 1.54) is 24.0 Å². The molecule has 1 aromatic carbocycles. The number of rotatable bonds is 1. The van der Waals surface area contributed by atoms with Crippen LogP contribution in [0.4, 0.5) is 0 Å². The molecule has 1 unspecified atom stereocenters. The third-order valence-corrected chi connectivity index (χ3v) is 3.98. The van der Waals surface area contributed by atoms with Gasteiger partial charge in [-0.3, -0.25) is 0 Å². The number of aromatic nitrogens is 3. The molecule has 1 atom stereocenters. The van der Waals surface area contributed by atoms with E-state index in [9.17, 15) is 0 Å². The Kier molecular flexibility index (Phi) is 2.37. The number of hydrogen-bond acceptors (Lipinski definition) is 2. The second-order valence-corrected chi connectivity index (χ2v) is 5.14. The number of aromatic amines is 1. The molecule has 0 saturated heterocycles. The van der Waals surface area contributed by atoms with Crippen LogP contribution in [-0.4, -0.2) is 15.0 Å². The maximum absolute atomic E-state index is 4.67. The lowest BCUT2D eigenvalue weighted by Crippen LogP contribution is -2.12. The number of aryl methyl sites for hydroxylation is 1. The maximum Gasteiger partial charge on any atom is 0.177 e. The SMILES string of the molecule is c1ccc2c(c1)CCCC2c1nc2ncccc2[nH]1. The summed E-state index contributed by atoms with van der Waals surface area (Å²) in [6, 6.07) is 12.7. The number of benzene rings is 1. The van der Waals surface area contributed by atoms with E-state index < -0.39 is 0 Å². The molecule has 3 aromatic rings. The van der Waals surface area contributed by atoms with Gasteiger partial charge in [-0.1, -0.05) is 24.3 Å². The Morgan fingerprint density at radius 1 is 1.11 bits per heavy atom. The topological polar surface area (TPSA) is 41.6 Å². The average Bonchev–Trinajstić information content (AvgIpc) is 2.90. The van der Waals surface area contributed by atoms with Crippen LogP contribution in [0.5, 0.6) is 0 Å². The van der Waals surface area contributed by atoms with Crippen molar-refractivity contribution in [3.63, 3.8) is 0 Å². The Labute approximate surface area is 111 Å². The molecule has 0 amide bonds. The van der Waals surface area contributed by atoms with Crippen LogP contribution in [0.3, 0.4) is 0 Å². The Balaban J connectivity index is 1.85. The Bertz CT molecular complexity index is 696. The van der Waals surface area contributed by atoms with Gasteiger partial charge in [-0.25, -0.2) is 9.97 Å². The molecule has 0 radical (unpaired) electrons. The van der Waals surface area contributed by atoms with Crippen LogP contribution in [0.2, 0.25) is 0 Å². The van der Waals surface area contributed by atoms with E-state index in [-0.39, 0.29) is 0 Å². The quantitative estimate of drug-likeness (QED) is 0.718. The lowest BCUT2D eigenvalue weighted by Gasteiger charge is -2.23. The lowest BCUT2D eigenvalue weighted by molar-refractivity contribution is 0.596. The summed E-state index contributed by atoms with van der Waals surface area (Å²) >= 11 is 0. The molecule has 1 aliphatic rings. The maximum atomic E-state index is 4.67. The van der Waals surface area contributed by atoms with Gasteiger partial charge in [-0.15, -0.1) is 0 Å². The van der Waals surface area contributed by atoms with Gasteiger partial charge in [-0.2, -0.15) is 0 Å². The van der Waals surface area contributed by atoms with E-state index in [1.54, 1.807) is 6.20 Å². The van der Waals surface area contributed by atoms with Gasteiger partial charge in [0, 0.05) is 12.1 Å². The van der Waals surface area contributed by atoms with Crippen molar-refractivity contribution in [2.24, 2.45) is 0 Å². The van der Waals surface area contributed by atoms with Crippen LogP contribution in [0.15, 0.2) is 42.6 Å². The minimum Gasteiger partial charge on any atom is -0.340 e. The molecule has 1 aliphatic carbocycles. The molecule has 3 nitrogen and oxygen atoms in total. The van der Waals surface area contributed by atoms with Crippen molar-refractivity contribution in [1.82, 2.24) is 15.0 Å². The first-order chi connectivity index (χ1) is 9.42. The van der Waals surface area contributed by atoms with Crippen molar-refractivity contribution in [1.29, 1.82) is 0 Å². The van der Waals surface area contributed by atoms with Crippen LogP contribution in [-0.2, 0) is 6.42 Å². The predicted octanol–water partition coefficient (Wildman–Crippen LogP) is 3.43. The first-order valence-corrected chi connectivity index (χ1v) is 6.80. The number of H-pyrrole nitrogens is 1. The zero-order valence-electron chi connectivity index (χ0n) is 10.6. The molecule has 0 saturated carbocycles. The van der Waals surface area contributed by atoms with Gasteiger partial charge < -0.3 is 4.98 Å². The monoisotopic (exact) mass is 249 g/mol. The van der Waals surface area contributed by atoms with Gasteiger partial charge in [0.1, 0.15) is 5.82 Å². The highest BCUT2D eigenvalue weighted by Crippen LogP contribution is 2.35. The van der Waals surface area contributed by atoms with Gasteiger partial charge in [0.05, 0.1) is 5.52 Å². The van der Waals surface area contributed by atoms with Crippen molar-refractivity contribution < 1.29 is 0 Å². The molecular weight excluding hydrogens is 234 g/mol. The van der Waals surface area contributed by atoms with Crippen LogP contribution in [0.1, 0.15) is 35.7 Å². The molecule has 0 bridgehead atoms. The van der Waals surface area contributed by atoms with Gasteiger partial charge in [0.25, 0.3) is 0 Å². The van der Waals surface area contributed by atoms with Gasteiger partial charge >= 0.3 is 0 Å². The fraction of sp³-hybridized carbons (Fsp3) is 0.250. The van der Waals surface area contributed by atoms with Gasteiger partial charge in [0.2, 0.25) is 0 Å². The Morgan fingerprint density at radius 2 is 2.05 bits per heavy atom. The number of nitrogens with one attached hydrogen (secondary N) is 1. The largest absolute Gasteiger partial charge is 0.340 e. The molecule has 2 heterocycles. The third kappa shape index (κ3) is 1.73. The fourth-order valence-corrected chi connectivity index (χ4v) is 3.07. The zero-order chi connectivity index (χ0) is 12.7. The molecule has 94 valence electrons. The summed E-state index contributed by atoms with van der Waals surface area (Å²) in [5.74, 6) is 1.44. The van der Waals surface area contributed by atoms with Crippen molar-refractivity contribution in [2.75, 3.05) is 0 Å². The zero-order valence-corrected chi connectivity index (χ0v) is 10.6. The van der Waals surface area contributed by atoms with Crippen molar-refractivity contribution in [3.8, 4) is 0 Å². The summed E-state index contributed by atoms with van der Waals surface area (Å²) in [6.07, 6.45) is 5.37. The molecule has 19 heavy (non-hydrogen) atoms. The van der Waals surface area contributed by atoms with E-state index in [1.807, 2.05) is 12.1 Å². The fourth-order valence-electron chi connectivity index (χ4n) is 3.07. The minimum atomic E-state index is 0.388. The summed E-state index contributed by atoms with van der Waals surface area (Å²) in [7, 11) is 0. The summed E-state index contributed by atoms with van der Waals surface area (Å²) in [6.45, 7) is 0. The van der Waals surface area contributed by atoms with Crippen molar-refractivity contribution in [2.45, 2.75) is 25.2 Å². The molecule has 0 aliphatic heterocycles. The van der Waals surface area contributed by atoms with E-state index in [2.05, 4.69) is 39.2 Å². The first-order valence-electron chi connectivity index (χ1n) is 6.80. The highest BCUT2D eigenvalue weighted by molar-refractivity contribution is 5.70.